The molecule has 0 aromatic heterocycles. The first-order valence-electron chi connectivity index (χ1n) is 6.15. The molecule has 0 bridgehead atoms. The maximum atomic E-state index is 12.2. The second kappa shape index (κ2) is 4.67. The number of hydrogen-bond donors (Lipinski definition) is 1. The maximum Gasteiger partial charge on any atom is 0.224 e. The number of carbonyl (C=O) groups excluding carboxylic acids is 1. The first kappa shape index (κ1) is 14.0. The van der Waals surface area contributed by atoms with Crippen LogP contribution in [0.25, 0.3) is 0 Å². The summed E-state index contributed by atoms with van der Waals surface area (Å²) in [6.07, 6.45) is 2.01. The minimum Gasteiger partial charge on any atom is -0.353 e. The van der Waals surface area contributed by atoms with Crippen molar-refractivity contribution < 1.29 is 4.79 Å². The van der Waals surface area contributed by atoms with Gasteiger partial charge in [-0.3, -0.25) is 4.79 Å². The number of alkyl halides is 1. The molecule has 1 atom stereocenters. The summed E-state index contributed by atoms with van der Waals surface area (Å²) in [6.45, 7) is 10.9. The molecule has 1 amide bonds. The van der Waals surface area contributed by atoms with Gasteiger partial charge in [0.05, 0.1) is 0 Å². The summed E-state index contributed by atoms with van der Waals surface area (Å²) < 4.78 is 0. The minimum atomic E-state index is 0.143. The molecular weight excluding hydrogens is 266 g/mol. The summed E-state index contributed by atoms with van der Waals surface area (Å²) in [5, 5.41) is 4.12. The Labute approximate surface area is 108 Å². The highest BCUT2D eigenvalue weighted by Crippen LogP contribution is 2.68. The smallest absolute Gasteiger partial charge is 0.224 e. The molecule has 0 spiro atoms. The summed E-state index contributed by atoms with van der Waals surface area (Å²) >= 11 is 3.43. The molecule has 1 aliphatic rings. The average molecular weight is 290 g/mol. The van der Waals surface area contributed by atoms with Crippen LogP contribution in [-0.4, -0.2) is 17.3 Å². The molecule has 1 saturated carbocycles. The first-order valence-corrected chi connectivity index (χ1v) is 7.27. The summed E-state index contributed by atoms with van der Waals surface area (Å²) in [5.41, 5.74) is 0.285. The van der Waals surface area contributed by atoms with Crippen molar-refractivity contribution in [3.63, 3.8) is 0 Å². The van der Waals surface area contributed by atoms with Gasteiger partial charge in [-0.05, 0) is 23.7 Å². The summed E-state index contributed by atoms with van der Waals surface area (Å²) in [4.78, 5) is 12.2. The standard InChI is InChI=1S/C13H24BrNO/c1-6-9(7-8-14)15-11(16)10-12(2,3)13(10,4)5/h9-10H,6-8H2,1-5H3,(H,15,16). The van der Waals surface area contributed by atoms with Gasteiger partial charge in [-0.25, -0.2) is 0 Å². The number of hydrogen-bond acceptors (Lipinski definition) is 1. The molecule has 0 aromatic rings. The fourth-order valence-corrected chi connectivity index (χ4v) is 3.20. The third kappa shape index (κ3) is 2.29. The lowest BCUT2D eigenvalue weighted by atomic mass is 10.0. The molecule has 0 heterocycles. The predicted molar refractivity (Wildman–Crippen MR) is 71.7 cm³/mol. The molecule has 1 fully saturated rings. The molecule has 0 aromatic carbocycles. The predicted octanol–water partition coefficient (Wildman–Crippen LogP) is 3.35. The van der Waals surface area contributed by atoms with Gasteiger partial charge in [0, 0.05) is 17.3 Å². The molecule has 0 saturated heterocycles. The van der Waals surface area contributed by atoms with E-state index in [1.807, 2.05) is 0 Å². The zero-order valence-corrected chi connectivity index (χ0v) is 12.6. The van der Waals surface area contributed by atoms with Crippen molar-refractivity contribution in [3.05, 3.63) is 0 Å². The number of halogens is 1. The Kier molecular flexibility index (Phi) is 4.09. The van der Waals surface area contributed by atoms with E-state index >= 15 is 0 Å². The second-order valence-corrected chi connectivity index (χ2v) is 6.76. The van der Waals surface area contributed by atoms with Crippen LogP contribution in [0.4, 0.5) is 0 Å². The Morgan fingerprint density at radius 1 is 1.31 bits per heavy atom. The fraction of sp³-hybridized carbons (Fsp3) is 0.923. The first-order chi connectivity index (χ1) is 7.29. The molecule has 3 heteroatoms. The van der Waals surface area contributed by atoms with Crippen LogP contribution in [0.2, 0.25) is 0 Å². The van der Waals surface area contributed by atoms with E-state index in [1.54, 1.807) is 0 Å². The van der Waals surface area contributed by atoms with Crippen LogP contribution in [0.5, 0.6) is 0 Å². The SMILES string of the molecule is CCC(CCBr)NC(=O)C1C(C)(C)C1(C)C. The van der Waals surface area contributed by atoms with Crippen molar-refractivity contribution in [2.75, 3.05) is 5.33 Å². The lowest BCUT2D eigenvalue weighted by Gasteiger charge is -2.16. The van der Waals surface area contributed by atoms with E-state index in [9.17, 15) is 4.79 Å². The number of rotatable bonds is 5. The largest absolute Gasteiger partial charge is 0.353 e. The molecule has 1 unspecified atom stereocenters. The third-order valence-electron chi connectivity index (χ3n) is 4.58. The van der Waals surface area contributed by atoms with Gasteiger partial charge in [0.25, 0.3) is 0 Å². The van der Waals surface area contributed by atoms with E-state index < -0.39 is 0 Å². The van der Waals surface area contributed by atoms with Gasteiger partial charge in [0.15, 0.2) is 0 Å². The van der Waals surface area contributed by atoms with Crippen molar-refractivity contribution in [2.45, 2.75) is 53.5 Å². The highest BCUT2D eigenvalue weighted by atomic mass is 79.9. The molecular formula is C13H24BrNO. The molecule has 2 nitrogen and oxygen atoms in total. The molecule has 94 valence electrons. The van der Waals surface area contributed by atoms with E-state index in [-0.39, 0.29) is 22.7 Å². The number of nitrogens with one attached hydrogen (secondary N) is 1. The van der Waals surface area contributed by atoms with Crippen molar-refractivity contribution in [2.24, 2.45) is 16.7 Å². The summed E-state index contributed by atoms with van der Waals surface area (Å²) in [6, 6.07) is 0.319. The Morgan fingerprint density at radius 2 is 1.81 bits per heavy atom. The molecule has 1 rings (SSSR count). The highest BCUT2D eigenvalue weighted by molar-refractivity contribution is 9.09. The highest BCUT2D eigenvalue weighted by Gasteiger charge is 2.68. The molecule has 1 N–H and O–H groups in total. The van der Waals surface area contributed by atoms with Crippen molar-refractivity contribution >= 4 is 21.8 Å². The molecule has 1 aliphatic carbocycles. The van der Waals surface area contributed by atoms with Gasteiger partial charge in [-0.15, -0.1) is 0 Å². The second-order valence-electron chi connectivity index (χ2n) is 5.97. The lowest BCUT2D eigenvalue weighted by molar-refractivity contribution is -0.124. The number of amides is 1. The van der Waals surface area contributed by atoms with E-state index in [0.717, 1.165) is 18.2 Å². The van der Waals surface area contributed by atoms with Crippen LogP contribution in [0, 0.1) is 16.7 Å². The summed E-state index contributed by atoms with van der Waals surface area (Å²) in [7, 11) is 0. The van der Waals surface area contributed by atoms with E-state index in [1.165, 1.54) is 0 Å². The average Bonchev–Trinajstić information content (AvgIpc) is 2.56. The normalized spacial score (nSPS) is 23.9. The minimum absolute atomic E-state index is 0.143. The van der Waals surface area contributed by atoms with Crippen LogP contribution >= 0.6 is 15.9 Å². The lowest BCUT2D eigenvalue weighted by Crippen LogP contribution is -2.37. The van der Waals surface area contributed by atoms with Gasteiger partial charge in [0.2, 0.25) is 5.91 Å². The zero-order valence-electron chi connectivity index (χ0n) is 11.1. The summed E-state index contributed by atoms with van der Waals surface area (Å²) in [5.74, 6) is 0.409. The Hall–Kier alpha value is -0.0500. The fourth-order valence-electron chi connectivity index (χ4n) is 2.65. The van der Waals surface area contributed by atoms with Gasteiger partial charge in [-0.2, -0.15) is 0 Å². The van der Waals surface area contributed by atoms with Crippen LogP contribution in [-0.2, 0) is 4.79 Å². The molecule has 0 aliphatic heterocycles. The van der Waals surface area contributed by atoms with Gasteiger partial charge < -0.3 is 5.32 Å². The van der Waals surface area contributed by atoms with Crippen LogP contribution < -0.4 is 5.32 Å². The molecule has 0 radical (unpaired) electrons. The van der Waals surface area contributed by atoms with E-state index in [4.69, 9.17) is 0 Å². The monoisotopic (exact) mass is 289 g/mol. The van der Waals surface area contributed by atoms with E-state index in [0.29, 0.717) is 6.04 Å². The quantitative estimate of drug-likeness (QED) is 0.773. The zero-order chi connectivity index (χ0) is 12.6. The number of carbonyl (C=O) groups is 1. The Morgan fingerprint density at radius 3 is 2.12 bits per heavy atom. The topological polar surface area (TPSA) is 29.1 Å². The maximum absolute atomic E-state index is 12.2. The third-order valence-corrected chi connectivity index (χ3v) is 5.04. The van der Waals surface area contributed by atoms with Crippen molar-refractivity contribution in [1.82, 2.24) is 5.32 Å². The molecule has 16 heavy (non-hydrogen) atoms. The van der Waals surface area contributed by atoms with Crippen molar-refractivity contribution in [1.29, 1.82) is 0 Å². The van der Waals surface area contributed by atoms with Crippen molar-refractivity contribution in [3.8, 4) is 0 Å². The van der Waals surface area contributed by atoms with Crippen LogP contribution in [0.1, 0.15) is 47.5 Å². The van der Waals surface area contributed by atoms with Gasteiger partial charge in [0.1, 0.15) is 0 Å². The van der Waals surface area contributed by atoms with E-state index in [2.05, 4.69) is 55.9 Å². The van der Waals surface area contributed by atoms with Gasteiger partial charge in [-0.1, -0.05) is 50.5 Å². The van der Waals surface area contributed by atoms with Gasteiger partial charge >= 0.3 is 0 Å². The van der Waals surface area contributed by atoms with Crippen LogP contribution in [0.3, 0.4) is 0 Å². The Balaban J connectivity index is 2.55. The Bertz CT molecular complexity index is 259. The van der Waals surface area contributed by atoms with Crippen LogP contribution in [0.15, 0.2) is 0 Å².